The number of hydrogen-bond donors (Lipinski definition) is 0. The van der Waals surface area contributed by atoms with Gasteiger partial charge in [0.2, 0.25) is 0 Å². The van der Waals surface area contributed by atoms with Gasteiger partial charge in [-0.3, -0.25) is 4.21 Å². The summed E-state index contributed by atoms with van der Waals surface area (Å²) in [6, 6.07) is 0. The summed E-state index contributed by atoms with van der Waals surface area (Å²) in [6.07, 6.45) is 1.08. The van der Waals surface area contributed by atoms with Crippen molar-refractivity contribution in [3.8, 4) is 0 Å². The van der Waals surface area contributed by atoms with Crippen molar-refractivity contribution in [2.24, 2.45) is 0 Å². The first-order chi connectivity index (χ1) is 2.73. The maximum absolute atomic E-state index is 9.00. The van der Waals surface area contributed by atoms with E-state index in [0.29, 0.717) is 0 Å². The van der Waals surface area contributed by atoms with Crippen molar-refractivity contribution in [2.45, 2.75) is 0 Å². The van der Waals surface area contributed by atoms with Crippen LogP contribution in [-0.2, 0) is 23.8 Å². The molecule has 0 heterocycles. The minimum absolute atomic E-state index is 0. The third kappa shape index (κ3) is 60.7. The van der Waals surface area contributed by atoms with Gasteiger partial charge in [0.1, 0.15) is 0 Å². The first-order valence-electron chi connectivity index (χ1n) is 0.856. The molecule has 0 aromatic rings. The molecule has 1 atom stereocenters. The molecule has 0 aromatic heterocycles. The second kappa shape index (κ2) is 15.8. The molecule has 0 amide bonds. The Morgan fingerprint density at radius 1 is 1.71 bits per heavy atom. The van der Waals surface area contributed by atoms with E-state index >= 15 is 0 Å². The molecule has 0 aliphatic heterocycles. The maximum Gasteiger partial charge on any atom is 0 e. The molecule has 1 unspecified atom stereocenters. The van der Waals surface area contributed by atoms with Crippen LogP contribution in [0.2, 0.25) is 0 Å². The van der Waals surface area contributed by atoms with Crippen LogP contribution in [0.15, 0.2) is 0 Å². The predicted molar refractivity (Wildman–Crippen MR) is 34.6 cm³/mol. The van der Waals surface area contributed by atoms with E-state index in [0.717, 1.165) is 6.26 Å². The topological polar surface area (TPSA) is 40.1 Å². The molecule has 0 saturated carbocycles. The van der Waals surface area contributed by atoms with Crippen LogP contribution in [0.5, 0.6) is 0 Å². The second-order valence-corrected chi connectivity index (χ2v) is 1.20. The molecule has 0 aliphatic carbocycles. The van der Waals surface area contributed by atoms with E-state index < -0.39 is 11.1 Å². The summed E-state index contributed by atoms with van der Waals surface area (Å²) >= 11 is 4.01. The van der Waals surface area contributed by atoms with Gasteiger partial charge in [0.15, 0.2) is 0 Å². The van der Waals surface area contributed by atoms with Crippen LogP contribution >= 0.6 is 20.3 Å². The van der Waals surface area contributed by atoms with E-state index in [4.69, 9.17) is 8.76 Å². The van der Waals surface area contributed by atoms with Crippen LogP contribution in [0.25, 0.3) is 0 Å². The molecule has 0 saturated heterocycles. The molecule has 0 bridgehead atoms. The first kappa shape index (κ1) is 16.2. The molecule has 0 aliphatic rings. The van der Waals surface area contributed by atoms with Gasteiger partial charge in [-0.15, -0.1) is 0 Å². The van der Waals surface area contributed by atoms with Gasteiger partial charge in [-0.25, -0.2) is 0 Å². The fraction of sp³-hybridized carbons (Fsp3) is 1.00. The second-order valence-electron chi connectivity index (χ2n) is 0.401. The molecule has 1 radical (unpaired) electrons. The fourth-order valence-corrected chi connectivity index (χ4v) is 0. The zero-order valence-electron chi connectivity index (χ0n) is 3.90. The van der Waals surface area contributed by atoms with E-state index in [1.165, 1.54) is 0 Å². The Balaban J connectivity index is -0.0000000480. The summed E-state index contributed by atoms with van der Waals surface area (Å²) in [4.78, 5) is 0. The molecule has 0 N–H and O–H groups in total. The number of rotatable bonds is 0. The number of halogens is 1. The Labute approximate surface area is 87.3 Å². The zero-order chi connectivity index (χ0) is 5.58. The molecular weight excluding hydrogens is 290 g/mol. The Kier molecular flexibility index (Phi) is 36.4. The summed E-state index contributed by atoms with van der Waals surface area (Å²) in [6.45, 7) is 0. The first-order valence-corrected chi connectivity index (χ1v) is 5.38. The molecule has 0 fully saturated rings. The summed E-state index contributed by atoms with van der Waals surface area (Å²) < 4.78 is 18.0. The van der Waals surface area contributed by atoms with E-state index in [1.807, 2.05) is 0 Å². The summed E-state index contributed by atoms with van der Waals surface area (Å²) in [5.41, 5.74) is 0. The van der Waals surface area contributed by atoms with Crippen LogP contribution in [0, 0.1) is 0 Å². The zero-order valence-corrected chi connectivity index (χ0v) is 9.82. The van der Waals surface area contributed by atoms with E-state index in [9.17, 15) is 0 Å². The van der Waals surface area contributed by atoms with Gasteiger partial charge in [-0.2, -0.15) is 0 Å². The molecule has 2 nitrogen and oxygen atoms in total. The Morgan fingerprint density at radius 3 is 1.71 bits per heavy atom. The van der Waals surface area contributed by atoms with Crippen molar-refractivity contribution < 1.29 is 21.5 Å². The van der Waals surface area contributed by atoms with Crippen molar-refractivity contribution in [3.05, 3.63) is 0 Å². The third-order valence-electron chi connectivity index (χ3n) is 0. The molecule has 7 heavy (non-hydrogen) atoms. The smallest absolute Gasteiger partial charge is 0 e. The Morgan fingerprint density at radius 2 is 1.71 bits per heavy atom. The van der Waals surface area contributed by atoms with Gasteiger partial charge < -0.3 is 4.55 Å². The maximum atomic E-state index is 9.00. The normalized spacial score (nSPS) is 9.86. The number of hydrogen-bond acceptors (Lipinski definition) is 2. The Hall–Kier alpha value is 2.36. The minimum Gasteiger partial charge on any atom is 0 e. The van der Waals surface area contributed by atoms with Crippen molar-refractivity contribution >= 4 is 61.0 Å². The average Bonchev–Trinajstić information content (AvgIpc) is 1.41. The molecular formula is CH3CuINaO2S. The molecule has 0 aromatic carbocycles. The molecule has 44 valence electrons. The van der Waals surface area contributed by atoms with Crippen LogP contribution in [0.3, 0.4) is 0 Å². The van der Waals surface area contributed by atoms with Crippen LogP contribution < -0.4 is 0 Å². The van der Waals surface area contributed by atoms with Gasteiger partial charge in [0, 0.05) is 29.6 Å². The summed E-state index contributed by atoms with van der Waals surface area (Å²) in [5, 5.41) is 0. The fourth-order valence-electron chi connectivity index (χ4n) is 0. The van der Waals surface area contributed by atoms with E-state index in [-0.39, 0.29) is 29.6 Å². The molecule has 0 spiro atoms. The molecule has 0 rings (SSSR count). The van der Waals surface area contributed by atoms with Crippen LogP contribution in [-0.4, -0.2) is 44.6 Å². The van der Waals surface area contributed by atoms with Gasteiger partial charge in [0.25, 0.3) is 0 Å². The van der Waals surface area contributed by atoms with Crippen molar-refractivity contribution in [2.75, 3.05) is 6.26 Å². The average molecular weight is 293 g/mol. The SMILES string of the molecule is CS(=O)[O-].[Cu+][I].[Na]. The van der Waals surface area contributed by atoms with E-state index in [1.54, 1.807) is 20.3 Å². The standard InChI is InChI=1S/CH4O2S.Cu.HI.Na/c1-4(2)3;;;/h1H3,(H,2,3);;1H;/q;+2;;/p-2. The van der Waals surface area contributed by atoms with Gasteiger partial charge in [0.05, 0.1) is 0 Å². The van der Waals surface area contributed by atoms with Crippen molar-refractivity contribution in [3.63, 3.8) is 0 Å². The van der Waals surface area contributed by atoms with Gasteiger partial charge in [-0.1, -0.05) is 11.1 Å². The Bertz CT molecular complexity index is 40.7. The summed E-state index contributed by atoms with van der Waals surface area (Å²) in [7, 11) is 0. The molecule has 6 heteroatoms. The minimum atomic E-state index is -1.86. The summed E-state index contributed by atoms with van der Waals surface area (Å²) in [5.74, 6) is 0. The van der Waals surface area contributed by atoms with Gasteiger partial charge in [-0.05, 0) is 6.26 Å². The monoisotopic (exact) mass is 292 g/mol. The third-order valence-corrected chi connectivity index (χ3v) is 0. The van der Waals surface area contributed by atoms with Crippen molar-refractivity contribution in [1.29, 1.82) is 0 Å². The van der Waals surface area contributed by atoms with Crippen LogP contribution in [0.1, 0.15) is 0 Å². The largest absolute Gasteiger partial charge is 0 e. The van der Waals surface area contributed by atoms with E-state index in [2.05, 4.69) is 12.8 Å². The van der Waals surface area contributed by atoms with Crippen molar-refractivity contribution in [1.82, 2.24) is 0 Å². The van der Waals surface area contributed by atoms with Crippen LogP contribution in [0.4, 0.5) is 0 Å². The van der Waals surface area contributed by atoms with Gasteiger partial charge >= 0.3 is 33.1 Å². The quantitative estimate of drug-likeness (QED) is 0.358. The predicted octanol–water partition coefficient (Wildman–Crippen LogP) is -0.00230.